The van der Waals surface area contributed by atoms with Gasteiger partial charge in [-0.15, -0.1) is 5.11 Å². The first kappa shape index (κ1) is 13.0. The molecule has 1 aromatic carbocycles. The highest BCUT2D eigenvalue weighted by Crippen LogP contribution is 2.04. The van der Waals surface area contributed by atoms with Gasteiger partial charge in [0.2, 0.25) is 0 Å². The van der Waals surface area contributed by atoms with Crippen LogP contribution in [-0.2, 0) is 20.9 Å². The molecule has 1 amide bonds. The van der Waals surface area contributed by atoms with Crippen molar-refractivity contribution < 1.29 is 14.3 Å². The fourth-order valence-electron chi connectivity index (χ4n) is 1.25. The third kappa shape index (κ3) is 5.55. The number of hydrogen-bond donors (Lipinski definition) is 1. The van der Waals surface area contributed by atoms with Gasteiger partial charge >= 0.3 is 5.97 Å². The van der Waals surface area contributed by atoms with Gasteiger partial charge in [0, 0.05) is 12.8 Å². The quantitative estimate of drug-likeness (QED) is 0.606. The van der Waals surface area contributed by atoms with Crippen molar-refractivity contribution in [2.45, 2.75) is 25.9 Å². The van der Waals surface area contributed by atoms with E-state index in [1.807, 2.05) is 30.3 Å². The highest BCUT2D eigenvalue weighted by molar-refractivity contribution is 5.76. The minimum absolute atomic E-state index is 0.115. The Morgan fingerprint density at radius 1 is 1.18 bits per heavy atom. The minimum atomic E-state index is -0.513. The van der Waals surface area contributed by atoms with Crippen molar-refractivity contribution in [2.24, 2.45) is 5.11 Å². The Morgan fingerprint density at radius 3 is 2.53 bits per heavy atom. The van der Waals surface area contributed by atoms with Gasteiger partial charge in [-0.2, -0.15) is 0 Å². The lowest BCUT2D eigenvalue weighted by Crippen LogP contribution is -2.05. The van der Waals surface area contributed by atoms with E-state index in [4.69, 9.17) is 10.3 Å². The number of rotatable bonds is 6. The van der Waals surface area contributed by atoms with E-state index in [1.54, 1.807) is 0 Å². The number of hydrogen-bond acceptors (Lipinski definition) is 4. The van der Waals surface area contributed by atoms with Crippen molar-refractivity contribution in [1.29, 1.82) is 5.53 Å². The third-order valence-corrected chi connectivity index (χ3v) is 2.14. The maximum absolute atomic E-state index is 11.3. The van der Waals surface area contributed by atoms with Crippen LogP contribution in [0.2, 0.25) is 0 Å². The second kappa shape index (κ2) is 7.27. The van der Waals surface area contributed by atoms with Crippen molar-refractivity contribution in [1.82, 2.24) is 0 Å². The molecule has 90 valence electrons. The lowest BCUT2D eigenvalue weighted by Gasteiger charge is -2.03. The molecule has 0 saturated heterocycles. The first-order valence-electron chi connectivity index (χ1n) is 5.32. The number of carbonyl (C=O) groups excluding carboxylic acids is 2. The van der Waals surface area contributed by atoms with Gasteiger partial charge in [0.1, 0.15) is 6.61 Å². The van der Waals surface area contributed by atoms with E-state index in [0.29, 0.717) is 6.42 Å². The average molecular weight is 234 g/mol. The van der Waals surface area contributed by atoms with Gasteiger partial charge < -0.3 is 4.74 Å². The van der Waals surface area contributed by atoms with E-state index in [9.17, 15) is 9.59 Å². The zero-order chi connectivity index (χ0) is 12.5. The molecule has 0 fully saturated rings. The highest BCUT2D eigenvalue weighted by Gasteiger charge is 2.05. The molecule has 1 N–H and O–H groups in total. The van der Waals surface area contributed by atoms with Gasteiger partial charge in [0.15, 0.2) is 0 Å². The van der Waals surface area contributed by atoms with Crippen LogP contribution in [0.15, 0.2) is 35.4 Å². The standard InChI is InChI=1S/C12H14N2O3/c13-14-11(15)7-4-8-12(16)17-9-10-5-2-1-3-6-10/h1-3,5-6,13H,4,7-9H2. The van der Waals surface area contributed by atoms with Crippen LogP contribution in [-0.4, -0.2) is 11.9 Å². The molecule has 0 aromatic heterocycles. The monoisotopic (exact) mass is 234 g/mol. The molecule has 1 rings (SSSR count). The minimum Gasteiger partial charge on any atom is -0.461 e. The number of ether oxygens (including phenoxy) is 1. The van der Waals surface area contributed by atoms with Gasteiger partial charge in [0.05, 0.1) is 0 Å². The molecule has 1 aromatic rings. The van der Waals surface area contributed by atoms with Crippen LogP contribution in [0.1, 0.15) is 24.8 Å². The van der Waals surface area contributed by atoms with Crippen molar-refractivity contribution >= 4 is 11.9 Å². The molecule has 0 bridgehead atoms. The smallest absolute Gasteiger partial charge is 0.306 e. The Morgan fingerprint density at radius 2 is 1.88 bits per heavy atom. The second-order valence-electron chi connectivity index (χ2n) is 3.51. The summed E-state index contributed by atoms with van der Waals surface area (Å²) in [5, 5.41) is 2.74. The summed E-state index contributed by atoms with van der Waals surface area (Å²) in [7, 11) is 0. The van der Waals surface area contributed by atoms with E-state index in [2.05, 4.69) is 5.11 Å². The summed E-state index contributed by atoms with van der Waals surface area (Å²) < 4.78 is 5.02. The summed E-state index contributed by atoms with van der Waals surface area (Å²) in [5.41, 5.74) is 7.38. The lowest BCUT2D eigenvalue weighted by molar-refractivity contribution is -0.145. The predicted molar refractivity (Wildman–Crippen MR) is 60.2 cm³/mol. The van der Waals surface area contributed by atoms with Gasteiger partial charge in [0.25, 0.3) is 5.91 Å². The van der Waals surface area contributed by atoms with Crippen molar-refractivity contribution in [3.8, 4) is 0 Å². The molecule has 17 heavy (non-hydrogen) atoms. The zero-order valence-corrected chi connectivity index (χ0v) is 9.39. The van der Waals surface area contributed by atoms with Gasteiger partial charge in [-0.3, -0.25) is 9.59 Å². The molecule has 0 aliphatic heterocycles. The number of carbonyl (C=O) groups is 2. The topological polar surface area (TPSA) is 79.6 Å². The Bertz CT molecular complexity index is 390. The van der Waals surface area contributed by atoms with Crippen LogP contribution in [0.3, 0.4) is 0 Å². The number of nitrogens with zero attached hydrogens (tertiary/aromatic N) is 1. The summed E-state index contributed by atoms with van der Waals surface area (Å²) in [6.07, 6.45) is 0.660. The third-order valence-electron chi connectivity index (χ3n) is 2.14. The molecule has 0 heterocycles. The Labute approximate surface area is 99.3 Å². The number of amides is 1. The molecule has 0 saturated carbocycles. The van der Waals surface area contributed by atoms with Crippen molar-refractivity contribution in [2.75, 3.05) is 0 Å². The Hall–Kier alpha value is -2.04. The summed E-state index contributed by atoms with van der Waals surface area (Å²) in [4.78, 5) is 21.9. The van der Waals surface area contributed by atoms with Gasteiger partial charge in [-0.05, 0) is 12.0 Å². The number of benzene rings is 1. The van der Waals surface area contributed by atoms with Crippen LogP contribution in [0.5, 0.6) is 0 Å². The Kier molecular flexibility index (Phi) is 5.57. The SMILES string of the molecule is N=NC(=O)CCCC(=O)OCc1ccccc1. The van der Waals surface area contributed by atoms with Crippen LogP contribution in [0.4, 0.5) is 0 Å². The Balaban J connectivity index is 2.18. The van der Waals surface area contributed by atoms with Crippen LogP contribution >= 0.6 is 0 Å². The predicted octanol–water partition coefficient (Wildman–Crippen LogP) is 2.46. The first-order valence-corrected chi connectivity index (χ1v) is 5.32. The van der Waals surface area contributed by atoms with E-state index < -0.39 is 5.91 Å². The zero-order valence-electron chi connectivity index (χ0n) is 9.39. The molecule has 0 atom stereocenters. The maximum atomic E-state index is 11.3. The summed E-state index contributed by atoms with van der Waals surface area (Å²) in [6, 6.07) is 9.38. The molecule has 0 aliphatic carbocycles. The summed E-state index contributed by atoms with van der Waals surface area (Å²) in [5.74, 6) is -0.854. The van der Waals surface area contributed by atoms with Gasteiger partial charge in [-0.25, -0.2) is 5.53 Å². The number of nitrogens with one attached hydrogen (secondary N) is 1. The van der Waals surface area contributed by atoms with Crippen LogP contribution in [0, 0.1) is 5.53 Å². The molecular weight excluding hydrogens is 220 g/mol. The first-order chi connectivity index (χ1) is 8.22. The van der Waals surface area contributed by atoms with E-state index in [0.717, 1.165) is 5.56 Å². The average Bonchev–Trinajstić information content (AvgIpc) is 2.37. The van der Waals surface area contributed by atoms with Crippen molar-refractivity contribution in [3.05, 3.63) is 35.9 Å². The molecule has 0 spiro atoms. The van der Waals surface area contributed by atoms with Crippen molar-refractivity contribution in [3.63, 3.8) is 0 Å². The van der Waals surface area contributed by atoms with Crippen LogP contribution in [0.25, 0.3) is 0 Å². The number of esters is 1. The molecule has 0 radical (unpaired) electrons. The largest absolute Gasteiger partial charge is 0.461 e. The van der Waals surface area contributed by atoms with E-state index in [1.165, 1.54) is 0 Å². The molecule has 5 nitrogen and oxygen atoms in total. The molecule has 5 heteroatoms. The lowest BCUT2D eigenvalue weighted by atomic mass is 10.2. The van der Waals surface area contributed by atoms with Crippen LogP contribution < -0.4 is 0 Å². The molecule has 0 aliphatic rings. The van der Waals surface area contributed by atoms with E-state index >= 15 is 0 Å². The van der Waals surface area contributed by atoms with E-state index in [-0.39, 0.29) is 25.4 Å². The maximum Gasteiger partial charge on any atom is 0.306 e. The fourth-order valence-corrected chi connectivity index (χ4v) is 1.25. The summed E-state index contributed by atoms with van der Waals surface area (Å²) in [6.45, 7) is 0.246. The normalized spacial score (nSPS) is 9.65. The fraction of sp³-hybridized carbons (Fsp3) is 0.333. The summed E-state index contributed by atoms with van der Waals surface area (Å²) >= 11 is 0. The second-order valence-corrected chi connectivity index (χ2v) is 3.51. The molecular formula is C12H14N2O3. The van der Waals surface area contributed by atoms with Gasteiger partial charge in [-0.1, -0.05) is 30.3 Å². The highest BCUT2D eigenvalue weighted by atomic mass is 16.5. The molecule has 0 unspecified atom stereocenters.